The number of carbonyl (C=O) groups is 4. The third-order valence-electron chi connectivity index (χ3n) is 12.4. The Labute approximate surface area is 466 Å². The predicted molar refractivity (Wildman–Crippen MR) is 307 cm³/mol. The summed E-state index contributed by atoms with van der Waals surface area (Å²) in [7, 11) is 0. The molecule has 0 spiro atoms. The van der Waals surface area contributed by atoms with Crippen LogP contribution in [0.1, 0.15) is 75.6 Å². The zero-order chi connectivity index (χ0) is 55.6. The second-order valence-electron chi connectivity index (χ2n) is 18.3. The molecule has 0 aliphatic carbocycles. The van der Waals surface area contributed by atoms with Crippen molar-refractivity contribution in [3.05, 3.63) is 236 Å². The van der Waals surface area contributed by atoms with Gasteiger partial charge in [-0.15, -0.1) is 0 Å². The van der Waals surface area contributed by atoms with E-state index in [-0.39, 0.29) is 54.2 Å². The van der Waals surface area contributed by atoms with Crippen LogP contribution in [-0.4, -0.2) is 37.9 Å². The van der Waals surface area contributed by atoms with Crippen molar-refractivity contribution in [3.8, 4) is 45.4 Å². The Morgan fingerprint density at radius 2 is 0.987 bits per heavy atom. The lowest BCUT2D eigenvalue weighted by atomic mass is 10.1. The zero-order valence-corrected chi connectivity index (χ0v) is 46.2. The van der Waals surface area contributed by atoms with Gasteiger partial charge in [0.05, 0.1) is 23.0 Å². The minimum atomic E-state index is -1.10. The second kappa shape index (κ2) is 25.0. The standard InChI is InChI=1S/C35H31BrFN3O3.C27H22BrFN2O4/c1-22-9-15-33(32-19-28(36)12-16-34(32)43-21-25-10-13-29(37)14-11-25)40(22)31-18-27(17-30(20-31)39-24(3)41)35(42)38-23(2)26-7-5-4-6-8-26;1-16-3-9-25(31(16)23-12-19(27(33)34)11-22(14-23)30-17(2)32)24-13-20(28)6-10-26(24)35-15-18-4-7-21(29)8-5-18/h4-20,23H,21H2,1-3H3,(H,38,42)(H,39,41);3-14H,15H2,1-2H3,(H,30,32)(H,33,34)/t23-;/m0./s1. The lowest BCUT2D eigenvalue weighted by Gasteiger charge is -2.19. The van der Waals surface area contributed by atoms with Gasteiger partial charge in [-0.25, -0.2) is 13.6 Å². The Balaban J connectivity index is 0.000000210. The highest BCUT2D eigenvalue weighted by Gasteiger charge is 2.21. The summed E-state index contributed by atoms with van der Waals surface area (Å²) >= 11 is 7.11. The van der Waals surface area contributed by atoms with Crippen molar-refractivity contribution in [2.45, 2.75) is 53.9 Å². The molecule has 9 rings (SSSR count). The molecule has 0 aliphatic rings. The van der Waals surface area contributed by atoms with E-state index in [9.17, 15) is 33.1 Å². The van der Waals surface area contributed by atoms with Crippen LogP contribution >= 0.6 is 31.9 Å². The number of nitrogens with zero attached hydrogens (tertiary/aromatic N) is 2. The Bertz CT molecular complexity index is 3660. The number of halogens is 4. The van der Waals surface area contributed by atoms with Gasteiger partial charge in [0, 0.05) is 73.6 Å². The van der Waals surface area contributed by atoms with E-state index in [0.717, 1.165) is 59.5 Å². The Morgan fingerprint density at radius 3 is 1.42 bits per heavy atom. The van der Waals surface area contributed by atoms with E-state index in [1.54, 1.807) is 42.5 Å². The highest BCUT2D eigenvalue weighted by molar-refractivity contribution is 9.10. The molecule has 0 radical (unpaired) electrons. The van der Waals surface area contributed by atoms with E-state index >= 15 is 0 Å². The molecule has 0 fully saturated rings. The fourth-order valence-electron chi connectivity index (χ4n) is 8.71. The SMILES string of the molecule is CC(=O)Nc1cc(C(=O)N[C@@H](C)c2ccccc2)cc(-n2c(C)ccc2-c2cc(Br)ccc2OCc2ccc(F)cc2)c1.CC(=O)Nc1cc(C(=O)O)cc(-n2c(C)ccc2-c2cc(Br)ccc2OCc2ccc(F)cc2)c1. The van der Waals surface area contributed by atoms with E-state index in [1.165, 1.54) is 44.2 Å². The van der Waals surface area contributed by atoms with Gasteiger partial charge in [0.2, 0.25) is 11.8 Å². The molecular formula is C62H53Br2F2N5O7. The predicted octanol–water partition coefficient (Wildman–Crippen LogP) is 15.0. The van der Waals surface area contributed by atoms with Gasteiger partial charge in [-0.05, 0) is 159 Å². The van der Waals surface area contributed by atoms with E-state index < -0.39 is 5.97 Å². The fraction of sp³-hybridized carbons (Fsp3) is 0.129. The number of hydrogen-bond acceptors (Lipinski definition) is 6. The lowest BCUT2D eigenvalue weighted by molar-refractivity contribution is -0.115. The molecule has 0 aliphatic heterocycles. The Hall–Kier alpha value is -8.60. The zero-order valence-electron chi connectivity index (χ0n) is 43.0. The maximum Gasteiger partial charge on any atom is 0.335 e. The smallest absolute Gasteiger partial charge is 0.335 e. The van der Waals surface area contributed by atoms with E-state index in [1.807, 2.05) is 133 Å². The number of carboxylic acids is 1. The van der Waals surface area contributed by atoms with Crippen LogP contribution in [0, 0.1) is 25.5 Å². The summed E-state index contributed by atoms with van der Waals surface area (Å²) in [6, 6.07) is 51.1. The quantitative estimate of drug-likeness (QED) is 0.0751. The van der Waals surface area contributed by atoms with E-state index in [0.29, 0.717) is 39.8 Å². The van der Waals surface area contributed by atoms with Crippen LogP contribution in [0.5, 0.6) is 11.5 Å². The number of aromatic carboxylic acids is 1. The topological polar surface area (TPSA) is 153 Å². The first-order valence-corrected chi connectivity index (χ1v) is 26.1. The van der Waals surface area contributed by atoms with Crippen LogP contribution in [0.3, 0.4) is 0 Å². The summed E-state index contributed by atoms with van der Waals surface area (Å²) in [6.07, 6.45) is 0. The molecule has 7 aromatic carbocycles. The van der Waals surface area contributed by atoms with Crippen LogP contribution in [-0.2, 0) is 22.8 Å². The number of anilines is 2. The third kappa shape index (κ3) is 14.1. The van der Waals surface area contributed by atoms with E-state index in [2.05, 4.69) is 47.8 Å². The van der Waals surface area contributed by atoms with Crippen LogP contribution in [0.2, 0.25) is 0 Å². The first-order valence-electron chi connectivity index (χ1n) is 24.6. The molecule has 78 heavy (non-hydrogen) atoms. The number of amides is 3. The average Bonchev–Trinajstić information content (AvgIpc) is 4.02. The molecule has 1 atom stereocenters. The number of aromatic nitrogens is 2. The van der Waals surface area contributed by atoms with Crippen molar-refractivity contribution in [1.82, 2.24) is 14.5 Å². The molecule has 12 nitrogen and oxygen atoms in total. The molecule has 4 N–H and O–H groups in total. The lowest BCUT2D eigenvalue weighted by Crippen LogP contribution is -2.27. The normalized spacial score (nSPS) is 11.2. The first kappa shape index (κ1) is 55.6. The van der Waals surface area contributed by atoms with Gasteiger partial charge in [-0.3, -0.25) is 14.4 Å². The Morgan fingerprint density at radius 1 is 0.551 bits per heavy atom. The summed E-state index contributed by atoms with van der Waals surface area (Å²) in [5, 5.41) is 18.2. The highest BCUT2D eigenvalue weighted by atomic mass is 79.9. The van der Waals surface area contributed by atoms with E-state index in [4.69, 9.17) is 9.47 Å². The Kier molecular flexibility index (Phi) is 17.9. The monoisotopic (exact) mass is 1180 g/mol. The van der Waals surface area contributed by atoms with Gasteiger partial charge in [0.25, 0.3) is 5.91 Å². The van der Waals surface area contributed by atoms with Gasteiger partial charge in [0.1, 0.15) is 36.3 Å². The van der Waals surface area contributed by atoms with Gasteiger partial charge >= 0.3 is 5.97 Å². The molecule has 396 valence electrons. The molecule has 16 heteroatoms. The molecule has 2 aromatic heterocycles. The summed E-state index contributed by atoms with van der Waals surface area (Å²) in [4.78, 5) is 48.9. The summed E-state index contributed by atoms with van der Waals surface area (Å²) in [5.41, 5.74) is 10.2. The van der Waals surface area contributed by atoms with Gasteiger partial charge in [-0.2, -0.15) is 0 Å². The maximum absolute atomic E-state index is 13.5. The minimum absolute atomic E-state index is 0.0484. The summed E-state index contributed by atoms with van der Waals surface area (Å²) < 4.78 is 44.6. The summed E-state index contributed by atoms with van der Waals surface area (Å²) in [5.74, 6) is -1.27. The van der Waals surface area contributed by atoms with Gasteiger partial charge in [0.15, 0.2) is 0 Å². The van der Waals surface area contributed by atoms with Crippen molar-refractivity contribution in [2.24, 2.45) is 0 Å². The number of aryl methyl sites for hydroxylation is 2. The van der Waals surface area contributed by atoms with Crippen LogP contribution in [0.15, 0.2) is 185 Å². The number of nitrogens with one attached hydrogen (secondary N) is 3. The van der Waals surface area contributed by atoms with Crippen molar-refractivity contribution in [3.63, 3.8) is 0 Å². The van der Waals surface area contributed by atoms with Gasteiger partial charge < -0.3 is 39.7 Å². The number of carboxylic acid groups (broad SMARTS) is 1. The molecule has 0 saturated carbocycles. The summed E-state index contributed by atoms with van der Waals surface area (Å²) in [6.45, 7) is 9.12. The molecule has 3 amide bonds. The second-order valence-corrected chi connectivity index (χ2v) is 20.1. The third-order valence-corrected chi connectivity index (χ3v) is 13.3. The van der Waals surface area contributed by atoms with Crippen molar-refractivity contribution >= 4 is 66.9 Å². The largest absolute Gasteiger partial charge is 0.488 e. The maximum atomic E-state index is 13.5. The molecule has 0 saturated heterocycles. The number of ether oxygens (including phenoxy) is 2. The molecule has 9 aromatic rings. The number of benzene rings is 7. The average molecular weight is 1180 g/mol. The number of hydrogen-bond donors (Lipinski definition) is 4. The minimum Gasteiger partial charge on any atom is -0.488 e. The number of rotatable bonds is 16. The van der Waals surface area contributed by atoms with Crippen molar-refractivity contribution in [2.75, 3.05) is 10.6 Å². The van der Waals surface area contributed by atoms with Crippen LogP contribution in [0.25, 0.3) is 33.9 Å². The fourth-order valence-corrected chi connectivity index (χ4v) is 9.44. The molecule has 2 heterocycles. The molecule has 0 unspecified atom stereocenters. The molecule has 0 bridgehead atoms. The van der Waals surface area contributed by atoms with Crippen molar-refractivity contribution in [1.29, 1.82) is 0 Å². The van der Waals surface area contributed by atoms with Crippen LogP contribution < -0.4 is 25.4 Å². The van der Waals surface area contributed by atoms with Gasteiger partial charge in [-0.1, -0.05) is 86.5 Å². The first-order chi connectivity index (χ1) is 37.4. The van der Waals surface area contributed by atoms with Crippen LogP contribution in [0.4, 0.5) is 20.2 Å². The molecular weight excluding hydrogens is 1120 g/mol. The van der Waals surface area contributed by atoms with Crippen molar-refractivity contribution < 1.29 is 42.5 Å². The number of carbonyl (C=O) groups excluding carboxylic acids is 3. The highest BCUT2D eigenvalue weighted by Crippen LogP contribution is 2.39.